The topological polar surface area (TPSA) is 146 Å². The second-order valence-corrected chi connectivity index (χ2v) is 17.7. The van der Waals surface area contributed by atoms with E-state index in [9.17, 15) is 24.0 Å². The molecule has 0 bridgehead atoms. The van der Waals surface area contributed by atoms with E-state index in [-0.39, 0.29) is 55.2 Å². The Morgan fingerprint density at radius 1 is 0.839 bits per heavy atom. The van der Waals surface area contributed by atoms with E-state index in [1.54, 1.807) is 9.80 Å². The summed E-state index contributed by atoms with van der Waals surface area (Å²) in [4.78, 5) is 71.5. The lowest BCUT2D eigenvalue weighted by molar-refractivity contribution is -0.142. The van der Waals surface area contributed by atoms with Gasteiger partial charge in [0.15, 0.2) is 0 Å². The molecule has 1 fully saturated rings. The highest BCUT2D eigenvalue weighted by molar-refractivity contribution is 5.93. The van der Waals surface area contributed by atoms with Crippen LogP contribution in [0.1, 0.15) is 103 Å². The van der Waals surface area contributed by atoms with Gasteiger partial charge in [0.2, 0.25) is 17.7 Å². The van der Waals surface area contributed by atoms with E-state index >= 15 is 0 Å². The summed E-state index contributed by atoms with van der Waals surface area (Å²) in [6.07, 6.45) is 5.49. The van der Waals surface area contributed by atoms with Crippen LogP contribution in [-0.2, 0) is 30.3 Å². The smallest absolute Gasteiger partial charge is 0.408 e. The quantitative estimate of drug-likeness (QED) is 0.0819. The Hall–Kier alpha value is -5.65. The molecule has 0 unspecified atom stereocenters. The average Bonchev–Trinajstić information content (AvgIpc) is 3.86. The molecule has 3 aromatic carbocycles. The van der Waals surface area contributed by atoms with Crippen LogP contribution < -0.4 is 16.0 Å². The molecule has 1 aliphatic carbocycles. The minimum absolute atomic E-state index is 0.0610. The third-order valence-electron chi connectivity index (χ3n) is 11.4. The second-order valence-electron chi connectivity index (χ2n) is 17.7. The van der Waals surface area contributed by atoms with Crippen LogP contribution in [0, 0.1) is 11.8 Å². The van der Waals surface area contributed by atoms with Gasteiger partial charge in [-0.15, -0.1) is 0 Å². The van der Waals surface area contributed by atoms with Crippen LogP contribution in [0.25, 0.3) is 11.1 Å². The summed E-state index contributed by atoms with van der Waals surface area (Å²) in [5.41, 5.74) is 4.86. The molecule has 12 nitrogen and oxygen atoms in total. The fourth-order valence-corrected chi connectivity index (χ4v) is 8.47. The molecule has 1 aliphatic heterocycles. The molecular formula is C50H67N5O7. The van der Waals surface area contributed by atoms with Gasteiger partial charge < -0.3 is 35.2 Å². The Morgan fingerprint density at radius 2 is 1.47 bits per heavy atom. The van der Waals surface area contributed by atoms with E-state index in [1.807, 2.05) is 101 Å². The van der Waals surface area contributed by atoms with Gasteiger partial charge in [-0.2, -0.15) is 0 Å². The molecule has 1 saturated heterocycles. The van der Waals surface area contributed by atoms with Crippen molar-refractivity contribution in [3.8, 4) is 11.1 Å². The molecule has 4 atom stereocenters. The van der Waals surface area contributed by atoms with Gasteiger partial charge in [0.1, 0.15) is 24.3 Å². The molecule has 2 aliphatic rings. The first-order valence-corrected chi connectivity index (χ1v) is 22.4. The lowest BCUT2D eigenvalue weighted by Gasteiger charge is -2.30. The van der Waals surface area contributed by atoms with E-state index in [0.29, 0.717) is 51.7 Å². The van der Waals surface area contributed by atoms with Gasteiger partial charge >= 0.3 is 12.2 Å². The molecule has 62 heavy (non-hydrogen) atoms. The number of amides is 5. The summed E-state index contributed by atoms with van der Waals surface area (Å²) in [5, 5.41) is 8.80. The zero-order valence-corrected chi connectivity index (χ0v) is 37.7. The summed E-state index contributed by atoms with van der Waals surface area (Å²) in [6.45, 7) is 15.1. The van der Waals surface area contributed by atoms with Crippen molar-refractivity contribution in [2.75, 3.05) is 32.8 Å². The molecule has 1 heterocycles. The molecule has 5 amide bonds. The molecular weight excluding hydrogens is 783 g/mol. The summed E-state index contributed by atoms with van der Waals surface area (Å²) in [6, 6.07) is 24.1. The highest BCUT2D eigenvalue weighted by atomic mass is 16.6. The molecule has 5 rings (SSSR count). The number of likely N-dealkylation sites (tertiary alicyclic amines) is 1. The van der Waals surface area contributed by atoms with Gasteiger partial charge in [-0.05, 0) is 107 Å². The molecule has 334 valence electrons. The Labute approximate surface area is 368 Å². The molecule has 0 spiro atoms. The predicted molar refractivity (Wildman–Crippen MR) is 242 cm³/mol. The molecule has 3 N–H and O–H groups in total. The van der Waals surface area contributed by atoms with Crippen LogP contribution in [0.5, 0.6) is 0 Å². The van der Waals surface area contributed by atoms with Crippen molar-refractivity contribution in [2.24, 2.45) is 11.8 Å². The number of carbonyl (C=O) groups is 5. The maximum absolute atomic E-state index is 14.5. The molecule has 12 heteroatoms. The summed E-state index contributed by atoms with van der Waals surface area (Å²) < 4.78 is 11.2. The van der Waals surface area contributed by atoms with Gasteiger partial charge in [-0.1, -0.05) is 105 Å². The summed E-state index contributed by atoms with van der Waals surface area (Å²) in [5.74, 6) is -1.20. The number of nitrogens with zero attached hydrogens (tertiary/aromatic N) is 2. The van der Waals surface area contributed by atoms with Crippen LogP contribution in [0.2, 0.25) is 0 Å². The van der Waals surface area contributed by atoms with Crippen molar-refractivity contribution >= 4 is 29.9 Å². The van der Waals surface area contributed by atoms with Crippen LogP contribution in [0.15, 0.2) is 91.0 Å². The van der Waals surface area contributed by atoms with Gasteiger partial charge in [-0.3, -0.25) is 14.4 Å². The number of ether oxygens (including phenoxy) is 2. The molecule has 0 aromatic heterocycles. The van der Waals surface area contributed by atoms with Crippen LogP contribution in [0.4, 0.5) is 9.59 Å². The maximum Gasteiger partial charge on any atom is 0.408 e. The van der Waals surface area contributed by atoms with Crippen molar-refractivity contribution in [2.45, 2.75) is 117 Å². The fraction of sp³-hybridized carbons (Fsp3) is 0.500. The number of alkyl carbamates (subject to hydrolysis) is 2. The number of likely N-dealkylation sites (N-methyl/N-ethyl adjacent to an activating group) is 1. The first-order valence-electron chi connectivity index (χ1n) is 22.4. The van der Waals surface area contributed by atoms with Crippen LogP contribution >= 0.6 is 0 Å². The maximum atomic E-state index is 14.5. The summed E-state index contributed by atoms with van der Waals surface area (Å²) >= 11 is 0. The first-order chi connectivity index (χ1) is 29.7. The number of hydrogen-bond acceptors (Lipinski definition) is 7. The highest BCUT2D eigenvalue weighted by Gasteiger charge is 2.38. The third kappa shape index (κ3) is 13.2. The monoisotopic (exact) mass is 850 g/mol. The van der Waals surface area contributed by atoms with Gasteiger partial charge in [0.25, 0.3) is 0 Å². The van der Waals surface area contributed by atoms with E-state index in [2.05, 4.69) is 54.1 Å². The third-order valence-corrected chi connectivity index (χ3v) is 11.4. The van der Waals surface area contributed by atoms with Gasteiger partial charge in [-0.25, -0.2) is 9.59 Å². The van der Waals surface area contributed by atoms with Crippen LogP contribution in [0.3, 0.4) is 0 Å². The standard InChI is InChI=1S/C50H67N5O7/c1-8-54(9-2)47(58)43(25-17-29-51-48(59)61-33-42-40-23-15-13-21-38(40)39-22-14-16-24-41(39)42)53-45(56)44-26-18-30-55(44)46(57)36(32-35-19-11-10-12-20-35)27-28-37(31-34(3)4)52-49(60)62-50(5,6)7/h10-16,19-24,27-28,34,36-37,42-44H,8-9,17-18,25-26,29-33H2,1-7H3,(H,51,59)(H,52,60)(H,53,56)/b28-27+/t36-,37-,43+,44+/m1/s1. The fourth-order valence-electron chi connectivity index (χ4n) is 8.47. The largest absolute Gasteiger partial charge is 0.449 e. The normalized spacial score (nSPS) is 16.3. The Balaban J connectivity index is 1.23. The number of nitrogens with one attached hydrogen (secondary N) is 3. The van der Waals surface area contributed by atoms with E-state index in [4.69, 9.17) is 9.47 Å². The highest BCUT2D eigenvalue weighted by Crippen LogP contribution is 2.44. The molecule has 0 radical (unpaired) electrons. The second kappa shape index (κ2) is 22.4. The minimum Gasteiger partial charge on any atom is -0.449 e. The number of fused-ring (bicyclic) bond motifs is 3. The average molecular weight is 850 g/mol. The van der Waals surface area contributed by atoms with Crippen LogP contribution in [-0.4, -0.2) is 96.2 Å². The Kier molecular flexibility index (Phi) is 17.2. The Bertz CT molecular complexity index is 1960. The minimum atomic E-state index is -0.847. The van der Waals surface area contributed by atoms with Gasteiger partial charge in [0.05, 0.1) is 12.0 Å². The summed E-state index contributed by atoms with van der Waals surface area (Å²) in [7, 11) is 0. The number of hydrogen-bond donors (Lipinski definition) is 3. The number of benzene rings is 3. The zero-order valence-electron chi connectivity index (χ0n) is 37.7. The van der Waals surface area contributed by atoms with Crippen molar-refractivity contribution in [3.63, 3.8) is 0 Å². The van der Waals surface area contributed by atoms with E-state index in [1.165, 1.54) is 0 Å². The lowest BCUT2D eigenvalue weighted by Crippen LogP contribution is -2.54. The van der Waals surface area contributed by atoms with Crippen molar-refractivity contribution < 1.29 is 33.4 Å². The predicted octanol–water partition coefficient (Wildman–Crippen LogP) is 8.00. The molecule has 3 aromatic rings. The van der Waals surface area contributed by atoms with E-state index in [0.717, 1.165) is 27.8 Å². The van der Waals surface area contributed by atoms with Crippen molar-refractivity contribution in [3.05, 3.63) is 108 Å². The SMILES string of the molecule is CCN(CC)C(=O)[C@H](CCCNC(=O)OCC1c2ccccc2-c2ccccc21)NC(=O)[C@@H]1CCCN1C(=O)[C@H](/C=C/[C@H](CC(C)C)NC(=O)OC(C)(C)C)Cc1ccccc1. The lowest BCUT2D eigenvalue weighted by atomic mass is 9.94. The zero-order chi connectivity index (χ0) is 44.8. The van der Waals surface area contributed by atoms with E-state index < -0.39 is 35.8 Å². The van der Waals surface area contributed by atoms with Gasteiger partial charge in [0, 0.05) is 32.1 Å². The first kappa shape index (κ1) is 47.4. The van der Waals surface area contributed by atoms with Crippen molar-refractivity contribution in [1.82, 2.24) is 25.8 Å². The number of rotatable bonds is 19. The number of carbonyl (C=O) groups excluding carboxylic acids is 5. The van der Waals surface area contributed by atoms with Crippen molar-refractivity contribution in [1.29, 1.82) is 0 Å². The molecule has 0 saturated carbocycles. The Morgan fingerprint density at radius 3 is 2.08 bits per heavy atom.